The summed E-state index contributed by atoms with van der Waals surface area (Å²) in [6.07, 6.45) is 4.59. The van der Waals surface area contributed by atoms with E-state index in [1.165, 1.54) is 12.3 Å². The van der Waals surface area contributed by atoms with Crippen LogP contribution in [-0.4, -0.2) is 30.6 Å². The number of anilines is 2. The molecule has 2 N–H and O–H groups in total. The van der Waals surface area contributed by atoms with Crippen LogP contribution in [0.2, 0.25) is 0 Å². The van der Waals surface area contributed by atoms with E-state index in [1.54, 1.807) is 44.0 Å². The lowest BCUT2D eigenvalue weighted by Crippen LogP contribution is -2.41. The Balaban J connectivity index is 1.55. The fourth-order valence-corrected chi connectivity index (χ4v) is 3.15. The fraction of sp³-hybridized carbons (Fsp3) is 0.227. The first-order chi connectivity index (χ1) is 15.6. The molecule has 0 aliphatic heterocycles. The number of halogens is 2. The quantitative estimate of drug-likeness (QED) is 0.456. The molecule has 4 aromatic rings. The van der Waals surface area contributed by atoms with Crippen LogP contribution in [0.3, 0.4) is 0 Å². The first-order valence-electron chi connectivity index (χ1n) is 9.96. The Morgan fingerprint density at radius 1 is 1.15 bits per heavy atom. The number of carbonyl (C=O) groups excluding carboxylic acids is 1. The fourth-order valence-electron chi connectivity index (χ4n) is 3.15. The molecule has 0 radical (unpaired) electrons. The number of nitrogens with one attached hydrogen (secondary N) is 2. The third-order valence-electron chi connectivity index (χ3n) is 5.04. The second-order valence-corrected chi connectivity index (χ2v) is 7.94. The van der Waals surface area contributed by atoms with Gasteiger partial charge in [0, 0.05) is 19.3 Å². The van der Waals surface area contributed by atoms with Crippen LogP contribution in [-0.2, 0) is 12.6 Å². The van der Waals surface area contributed by atoms with Gasteiger partial charge in [-0.2, -0.15) is 5.10 Å². The highest BCUT2D eigenvalue weighted by Crippen LogP contribution is 2.25. The van der Waals surface area contributed by atoms with Crippen molar-refractivity contribution in [1.29, 1.82) is 0 Å². The summed E-state index contributed by atoms with van der Waals surface area (Å²) in [5, 5.41) is 9.86. The molecule has 9 nitrogen and oxygen atoms in total. The maximum atomic E-state index is 13.6. The number of carbonyl (C=O) groups is 1. The van der Waals surface area contributed by atoms with Gasteiger partial charge in [-0.05, 0) is 44.0 Å². The van der Waals surface area contributed by atoms with Crippen molar-refractivity contribution in [3.63, 3.8) is 0 Å². The number of aromatic nitrogens is 5. The van der Waals surface area contributed by atoms with Crippen LogP contribution in [0.5, 0.6) is 0 Å². The van der Waals surface area contributed by atoms with Gasteiger partial charge < -0.3 is 15.1 Å². The molecule has 0 saturated carbocycles. The zero-order valence-electron chi connectivity index (χ0n) is 18.3. The van der Waals surface area contributed by atoms with Gasteiger partial charge in [0.1, 0.15) is 23.5 Å². The second kappa shape index (κ2) is 8.41. The molecule has 33 heavy (non-hydrogen) atoms. The largest absolute Gasteiger partial charge is 0.440 e. The molecule has 0 bridgehead atoms. The first-order valence-corrected chi connectivity index (χ1v) is 9.96. The van der Waals surface area contributed by atoms with Gasteiger partial charge >= 0.3 is 5.91 Å². The highest BCUT2D eigenvalue weighted by molar-refractivity contribution is 5.90. The number of amides is 1. The summed E-state index contributed by atoms with van der Waals surface area (Å²) in [6.45, 7) is 5.13. The second-order valence-electron chi connectivity index (χ2n) is 7.94. The van der Waals surface area contributed by atoms with E-state index in [2.05, 4.69) is 30.7 Å². The molecule has 0 spiro atoms. The number of rotatable bonds is 6. The van der Waals surface area contributed by atoms with E-state index in [4.69, 9.17) is 4.42 Å². The van der Waals surface area contributed by atoms with Gasteiger partial charge in [-0.15, -0.1) is 0 Å². The lowest BCUT2D eigenvalue weighted by molar-refractivity contribution is 0.0876. The van der Waals surface area contributed by atoms with E-state index in [-0.39, 0.29) is 5.89 Å². The highest BCUT2D eigenvalue weighted by atomic mass is 19.2. The van der Waals surface area contributed by atoms with Gasteiger partial charge in [0.2, 0.25) is 5.95 Å². The Morgan fingerprint density at radius 3 is 2.64 bits per heavy atom. The molecular weight excluding hydrogens is 432 g/mol. The van der Waals surface area contributed by atoms with E-state index in [1.807, 2.05) is 6.92 Å². The van der Waals surface area contributed by atoms with E-state index >= 15 is 0 Å². The summed E-state index contributed by atoms with van der Waals surface area (Å²) in [6, 6.07) is 5.23. The van der Waals surface area contributed by atoms with Crippen LogP contribution in [0.1, 0.15) is 35.7 Å². The number of aryl methyl sites for hydroxylation is 2. The summed E-state index contributed by atoms with van der Waals surface area (Å²) in [5.41, 5.74) is 0.939. The molecule has 170 valence electrons. The monoisotopic (exact) mass is 453 g/mol. The lowest BCUT2D eigenvalue weighted by Gasteiger charge is -2.26. The number of hydrogen-bond acceptors (Lipinski definition) is 7. The summed E-state index contributed by atoms with van der Waals surface area (Å²) in [7, 11) is 1.78. The van der Waals surface area contributed by atoms with E-state index in [9.17, 15) is 13.6 Å². The molecular formula is C22H21F2N7O2. The Kier molecular flexibility index (Phi) is 5.62. The maximum Gasteiger partial charge on any atom is 0.307 e. The van der Waals surface area contributed by atoms with Gasteiger partial charge in [-0.3, -0.25) is 9.48 Å². The number of hydrogen-bond donors (Lipinski definition) is 2. The van der Waals surface area contributed by atoms with Gasteiger partial charge in [-0.1, -0.05) is 6.07 Å². The van der Waals surface area contributed by atoms with Crippen LogP contribution in [0, 0.1) is 18.6 Å². The zero-order valence-corrected chi connectivity index (χ0v) is 18.3. The summed E-state index contributed by atoms with van der Waals surface area (Å²) < 4.78 is 33.9. The summed E-state index contributed by atoms with van der Waals surface area (Å²) in [5.74, 6) is -1.74. The number of oxazole rings is 1. The van der Waals surface area contributed by atoms with Crippen molar-refractivity contribution < 1.29 is 18.0 Å². The highest BCUT2D eigenvalue weighted by Gasteiger charge is 2.27. The molecule has 0 aliphatic rings. The third-order valence-corrected chi connectivity index (χ3v) is 5.04. The van der Waals surface area contributed by atoms with Crippen molar-refractivity contribution in [2.45, 2.75) is 26.3 Å². The average molecular weight is 453 g/mol. The minimum Gasteiger partial charge on any atom is -0.440 e. The average Bonchev–Trinajstić information content (AvgIpc) is 3.41. The van der Waals surface area contributed by atoms with Crippen LogP contribution < -0.4 is 10.6 Å². The Hall–Kier alpha value is -4.15. The van der Waals surface area contributed by atoms with E-state index in [0.717, 1.165) is 17.7 Å². The number of benzene rings is 1. The van der Waals surface area contributed by atoms with Crippen molar-refractivity contribution in [3.8, 4) is 11.4 Å². The Labute approximate surface area is 187 Å². The SMILES string of the molecule is Cc1cnc(Nc2ccnn2C)nc1-c1coc(C(=O)NC(C)(C)c2ccc(F)c(F)c2)n1. The lowest BCUT2D eigenvalue weighted by atomic mass is 9.94. The van der Waals surface area contributed by atoms with Crippen molar-refractivity contribution in [2.75, 3.05) is 5.32 Å². The van der Waals surface area contributed by atoms with Crippen molar-refractivity contribution in [2.24, 2.45) is 7.05 Å². The summed E-state index contributed by atoms with van der Waals surface area (Å²) >= 11 is 0. The third kappa shape index (κ3) is 4.56. The van der Waals surface area contributed by atoms with Crippen LogP contribution in [0.25, 0.3) is 11.4 Å². The van der Waals surface area contributed by atoms with Crippen molar-refractivity contribution in [1.82, 2.24) is 30.0 Å². The predicted molar refractivity (Wildman–Crippen MR) is 116 cm³/mol. The van der Waals surface area contributed by atoms with Crippen LogP contribution in [0.4, 0.5) is 20.5 Å². The van der Waals surface area contributed by atoms with Crippen molar-refractivity contribution in [3.05, 3.63) is 71.6 Å². The Morgan fingerprint density at radius 2 is 1.94 bits per heavy atom. The van der Waals surface area contributed by atoms with Crippen molar-refractivity contribution >= 4 is 17.7 Å². The molecule has 11 heteroatoms. The van der Waals surface area contributed by atoms with Gasteiger partial charge in [0.15, 0.2) is 11.6 Å². The first kappa shape index (κ1) is 22.1. The predicted octanol–water partition coefficient (Wildman–Crippen LogP) is 3.86. The van der Waals surface area contributed by atoms with E-state index < -0.39 is 23.1 Å². The number of nitrogens with zero attached hydrogens (tertiary/aromatic N) is 5. The molecule has 1 aromatic carbocycles. The minimum atomic E-state index is -1.01. The molecule has 0 unspecified atom stereocenters. The maximum absolute atomic E-state index is 13.6. The molecule has 3 aromatic heterocycles. The molecule has 3 heterocycles. The molecule has 0 saturated heterocycles. The standard InChI is InChI=1S/C22H21F2N7O2/c1-12-10-25-21(28-17-7-8-26-31(17)4)29-18(12)16-11-33-20(27-16)19(32)30-22(2,3)13-5-6-14(23)15(24)9-13/h5-11H,1-4H3,(H,30,32)(H,25,28,29). The van der Waals surface area contributed by atoms with Crippen LogP contribution in [0.15, 0.2) is 47.3 Å². The molecule has 0 fully saturated rings. The molecule has 1 amide bonds. The normalized spacial score (nSPS) is 11.5. The van der Waals surface area contributed by atoms with Gasteiger partial charge in [0.25, 0.3) is 5.89 Å². The Bertz CT molecular complexity index is 1330. The van der Waals surface area contributed by atoms with Crippen LogP contribution >= 0.6 is 0 Å². The summed E-state index contributed by atoms with van der Waals surface area (Å²) in [4.78, 5) is 25.7. The van der Waals surface area contributed by atoms with E-state index in [0.29, 0.717) is 28.7 Å². The topological polar surface area (TPSA) is 111 Å². The molecule has 0 atom stereocenters. The molecule has 4 rings (SSSR count). The van der Waals surface area contributed by atoms with Gasteiger partial charge in [-0.25, -0.2) is 23.7 Å². The van der Waals surface area contributed by atoms with Gasteiger partial charge in [0.05, 0.1) is 11.7 Å². The zero-order chi connectivity index (χ0) is 23.8. The minimum absolute atomic E-state index is 0.195. The smallest absolute Gasteiger partial charge is 0.307 e. The molecule has 0 aliphatic carbocycles.